The summed E-state index contributed by atoms with van der Waals surface area (Å²) in [5.74, 6) is 0. The van der Waals surface area contributed by atoms with E-state index in [9.17, 15) is 18.3 Å². The molecule has 1 aliphatic rings. The molecule has 1 aliphatic heterocycles. The van der Waals surface area contributed by atoms with Crippen LogP contribution in [0.5, 0.6) is 0 Å². The molecule has 0 radical (unpaired) electrons. The molecule has 4 rings (SSSR count). The number of amides is 2. The highest BCUT2D eigenvalue weighted by Crippen LogP contribution is 2.24. The van der Waals surface area contributed by atoms with E-state index in [1.807, 2.05) is 23.1 Å². The number of anilines is 2. The molecular formula is C30H39N5O4S. The molecule has 2 heterocycles. The van der Waals surface area contributed by atoms with Crippen molar-refractivity contribution < 1.29 is 18.3 Å². The first kappa shape index (κ1) is 29.5. The summed E-state index contributed by atoms with van der Waals surface area (Å²) < 4.78 is 28.6. The van der Waals surface area contributed by atoms with E-state index in [-0.39, 0.29) is 10.9 Å². The number of aliphatic hydroxyl groups excluding tert-OH is 1. The lowest BCUT2D eigenvalue weighted by Crippen LogP contribution is -2.32. The molecule has 0 saturated carbocycles. The maximum Gasteiger partial charge on any atom is 0.324 e. The zero-order chi connectivity index (χ0) is 28.4. The van der Waals surface area contributed by atoms with Gasteiger partial charge in [-0.05, 0) is 67.4 Å². The number of nitrogens with zero attached hydrogens (tertiary/aromatic N) is 3. The summed E-state index contributed by atoms with van der Waals surface area (Å²) in [6.07, 6.45) is 7.91. The third-order valence-corrected chi connectivity index (χ3v) is 8.44. The van der Waals surface area contributed by atoms with Crippen molar-refractivity contribution in [3.05, 3.63) is 84.2 Å². The van der Waals surface area contributed by atoms with E-state index >= 15 is 0 Å². The Hall–Kier alpha value is -3.47. The van der Waals surface area contributed by atoms with Crippen molar-refractivity contribution in [1.29, 1.82) is 0 Å². The molecule has 9 nitrogen and oxygen atoms in total. The Balaban J connectivity index is 1.25. The van der Waals surface area contributed by atoms with Crippen molar-refractivity contribution in [2.45, 2.75) is 50.0 Å². The highest BCUT2D eigenvalue weighted by Gasteiger charge is 2.29. The minimum Gasteiger partial charge on any atom is -0.387 e. The summed E-state index contributed by atoms with van der Waals surface area (Å²) in [4.78, 5) is 20.5. The molecule has 0 aliphatic carbocycles. The number of sulfonamides is 1. The normalized spacial score (nSPS) is 14.5. The predicted octanol–water partition coefficient (Wildman–Crippen LogP) is 4.57. The van der Waals surface area contributed by atoms with E-state index in [0.717, 1.165) is 43.4 Å². The largest absolute Gasteiger partial charge is 0.387 e. The number of urea groups is 1. The van der Waals surface area contributed by atoms with Gasteiger partial charge in [-0.25, -0.2) is 13.2 Å². The average molecular weight is 566 g/mol. The van der Waals surface area contributed by atoms with Crippen LogP contribution in [-0.2, 0) is 16.4 Å². The van der Waals surface area contributed by atoms with Gasteiger partial charge in [-0.15, -0.1) is 0 Å². The van der Waals surface area contributed by atoms with E-state index in [4.69, 9.17) is 0 Å². The number of hydrogen-bond donors (Lipinski definition) is 3. The number of hydrogen-bond acceptors (Lipinski definition) is 6. The minimum absolute atomic E-state index is 0.0230. The lowest BCUT2D eigenvalue weighted by atomic mass is 10.1. The maximum absolute atomic E-state index is 13.0. The summed E-state index contributed by atoms with van der Waals surface area (Å²) in [5, 5.41) is 13.4. The van der Waals surface area contributed by atoms with Crippen molar-refractivity contribution in [3.8, 4) is 0 Å². The molecule has 2 aromatic carbocycles. The van der Waals surface area contributed by atoms with E-state index in [0.29, 0.717) is 37.6 Å². The van der Waals surface area contributed by atoms with E-state index in [1.165, 1.54) is 18.6 Å². The molecule has 0 unspecified atom stereocenters. The molecule has 3 N–H and O–H groups in total. The number of nitrogens with one attached hydrogen (secondary N) is 2. The zero-order valence-corrected chi connectivity index (χ0v) is 23.8. The van der Waals surface area contributed by atoms with Gasteiger partial charge in [0.05, 0.1) is 11.0 Å². The molecular weight excluding hydrogens is 526 g/mol. The van der Waals surface area contributed by atoms with Crippen LogP contribution in [0.15, 0.2) is 78.0 Å². The molecule has 1 atom stereocenters. The number of benzene rings is 2. The fraction of sp³-hybridized carbons (Fsp3) is 0.400. The monoisotopic (exact) mass is 565 g/mol. The van der Waals surface area contributed by atoms with Crippen molar-refractivity contribution in [3.63, 3.8) is 0 Å². The summed E-state index contributed by atoms with van der Waals surface area (Å²) in [7, 11) is -3.77. The van der Waals surface area contributed by atoms with Crippen molar-refractivity contribution in [1.82, 2.24) is 15.2 Å². The molecule has 214 valence electrons. The number of unbranched alkanes of at least 4 members (excludes halogenated alkanes) is 3. The van der Waals surface area contributed by atoms with Gasteiger partial charge in [0.2, 0.25) is 0 Å². The molecule has 0 bridgehead atoms. The van der Waals surface area contributed by atoms with Crippen LogP contribution in [-0.4, -0.2) is 62.2 Å². The van der Waals surface area contributed by atoms with E-state index in [2.05, 4.69) is 21.9 Å². The Bertz CT molecular complexity index is 1320. The highest BCUT2D eigenvalue weighted by molar-refractivity contribution is 7.92. The second kappa shape index (κ2) is 14.2. The number of aromatic nitrogens is 1. The Morgan fingerprint density at radius 2 is 1.77 bits per heavy atom. The molecule has 2 amide bonds. The van der Waals surface area contributed by atoms with Crippen LogP contribution in [0.25, 0.3) is 0 Å². The summed E-state index contributed by atoms with van der Waals surface area (Å²) in [5.41, 5.74) is 2.99. The molecule has 1 fully saturated rings. The number of carbonyl (C=O) groups is 1. The van der Waals surface area contributed by atoms with Gasteiger partial charge in [0.15, 0.2) is 0 Å². The van der Waals surface area contributed by atoms with Gasteiger partial charge in [-0.2, -0.15) is 0 Å². The Kier molecular flexibility index (Phi) is 10.5. The van der Waals surface area contributed by atoms with Crippen LogP contribution in [0.1, 0.15) is 49.8 Å². The SMILES string of the molecule is CCCCCCN1CCN(c2ccc(S(=O)(=O)Nc3ccc(CCNC[C@H](O)c4cccnc4)cc3)cc2)C1=O. The number of carbonyl (C=O) groups excluding carboxylic acids is 1. The fourth-order valence-electron chi connectivity index (χ4n) is 4.68. The number of rotatable bonds is 15. The van der Waals surface area contributed by atoms with Gasteiger partial charge in [0.1, 0.15) is 0 Å². The lowest BCUT2D eigenvalue weighted by Gasteiger charge is -2.19. The fourth-order valence-corrected chi connectivity index (χ4v) is 5.74. The van der Waals surface area contributed by atoms with Gasteiger partial charge in [-0.1, -0.05) is 44.4 Å². The van der Waals surface area contributed by atoms with Crippen LogP contribution in [0.3, 0.4) is 0 Å². The standard InChI is InChI=1S/C30H39N5O4S/c1-2-3-4-5-19-34-20-21-35(30(34)37)27-12-14-28(15-13-27)40(38,39)33-26-10-8-24(9-11-26)16-18-32-23-29(36)25-7-6-17-31-22-25/h6-15,17,22,29,32-33,36H,2-5,16,18-21,23H2,1H3/t29-/m0/s1. The second-order valence-electron chi connectivity index (χ2n) is 10.0. The molecule has 1 saturated heterocycles. The van der Waals surface area contributed by atoms with Crippen molar-refractivity contribution >= 4 is 27.4 Å². The van der Waals surface area contributed by atoms with Crippen LogP contribution in [0, 0.1) is 0 Å². The van der Waals surface area contributed by atoms with Gasteiger partial charge in [-0.3, -0.25) is 14.6 Å². The van der Waals surface area contributed by atoms with Gasteiger partial charge >= 0.3 is 6.03 Å². The van der Waals surface area contributed by atoms with Crippen LogP contribution >= 0.6 is 0 Å². The Morgan fingerprint density at radius 1 is 1.00 bits per heavy atom. The maximum atomic E-state index is 13.0. The van der Waals surface area contributed by atoms with Gasteiger partial charge in [0.25, 0.3) is 10.0 Å². The second-order valence-corrected chi connectivity index (χ2v) is 11.7. The number of pyridine rings is 1. The molecule has 40 heavy (non-hydrogen) atoms. The topological polar surface area (TPSA) is 115 Å². The Labute approximate surface area is 237 Å². The summed E-state index contributed by atoms with van der Waals surface area (Å²) in [6, 6.07) is 17.3. The van der Waals surface area contributed by atoms with Crippen LogP contribution in [0.4, 0.5) is 16.2 Å². The van der Waals surface area contributed by atoms with Gasteiger partial charge in [0, 0.05) is 55.5 Å². The molecule has 3 aromatic rings. The third kappa shape index (κ3) is 8.03. The summed E-state index contributed by atoms with van der Waals surface area (Å²) >= 11 is 0. The highest BCUT2D eigenvalue weighted by atomic mass is 32.2. The molecule has 0 spiro atoms. The van der Waals surface area contributed by atoms with E-state index in [1.54, 1.807) is 47.6 Å². The molecule has 1 aromatic heterocycles. The van der Waals surface area contributed by atoms with Gasteiger partial charge < -0.3 is 15.3 Å². The first-order chi connectivity index (χ1) is 19.4. The predicted molar refractivity (Wildman–Crippen MR) is 158 cm³/mol. The average Bonchev–Trinajstić information content (AvgIpc) is 3.34. The summed E-state index contributed by atoms with van der Waals surface area (Å²) in [6.45, 7) is 5.31. The number of aliphatic hydroxyl groups is 1. The van der Waals surface area contributed by atoms with Crippen molar-refractivity contribution in [2.75, 3.05) is 42.3 Å². The first-order valence-corrected chi connectivity index (χ1v) is 15.4. The van der Waals surface area contributed by atoms with Crippen LogP contribution in [0.2, 0.25) is 0 Å². The molecule has 10 heteroatoms. The zero-order valence-electron chi connectivity index (χ0n) is 23.0. The smallest absolute Gasteiger partial charge is 0.324 e. The van der Waals surface area contributed by atoms with Crippen molar-refractivity contribution in [2.24, 2.45) is 0 Å². The lowest BCUT2D eigenvalue weighted by molar-refractivity contribution is 0.174. The third-order valence-electron chi connectivity index (χ3n) is 7.04. The Morgan fingerprint density at radius 3 is 2.48 bits per heavy atom. The minimum atomic E-state index is -3.77. The van der Waals surface area contributed by atoms with E-state index < -0.39 is 16.1 Å². The quantitative estimate of drug-likeness (QED) is 0.233. The first-order valence-electron chi connectivity index (χ1n) is 13.9. The van der Waals surface area contributed by atoms with Crippen LogP contribution < -0.4 is 14.9 Å².